The zero-order valence-electron chi connectivity index (χ0n) is 9.82. The van der Waals surface area contributed by atoms with Gasteiger partial charge in [-0.05, 0) is 0 Å². The van der Waals surface area contributed by atoms with Gasteiger partial charge in [-0.3, -0.25) is 9.59 Å². The van der Waals surface area contributed by atoms with E-state index in [4.69, 9.17) is 9.84 Å². The van der Waals surface area contributed by atoms with Gasteiger partial charge in [0.2, 0.25) is 0 Å². The van der Waals surface area contributed by atoms with Crippen molar-refractivity contribution in [1.29, 1.82) is 0 Å². The number of carbonyl (C=O) groups is 2. The number of hydrogen-bond donors (Lipinski definition) is 1. The molecule has 5 nitrogen and oxygen atoms in total. The number of carboxylic acids is 1. The molecule has 0 amide bonds. The van der Waals surface area contributed by atoms with Gasteiger partial charge in [-0.15, -0.1) is 0 Å². The van der Waals surface area contributed by atoms with Crippen LogP contribution in [0.1, 0.15) is 13.3 Å². The van der Waals surface area contributed by atoms with Crippen molar-refractivity contribution in [3.05, 3.63) is 0 Å². The van der Waals surface area contributed by atoms with Crippen LogP contribution in [0.15, 0.2) is 0 Å². The van der Waals surface area contributed by atoms with Crippen LogP contribution >= 0.6 is 0 Å². The number of quaternary nitrogens is 1. The maximum absolute atomic E-state index is 10.7. The van der Waals surface area contributed by atoms with E-state index in [0.717, 1.165) is 0 Å². The van der Waals surface area contributed by atoms with Crippen LogP contribution in [-0.2, 0) is 14.3 Å². The molecule has 0 saturated heterocycles. The number of carboxylic acid groups (broad SMARTS) is 1. The van der Waals surface area contributed by atoms with Gasteiger partial charge in [0.25, 0.3) is 0 Å². The number of carbonyl (C=O) groups excluding carboxylic acids is 1. The minimum Gasteiger partial charge on any atom is -0.481 e. The second kappa shape index (κ2) is 7.44. The molecule has 0 spiro atoms. The van der Waals surface area contributed by atoms with Crippen LogP contribution in [0.2, 0.25) is 0 Å². The summed E-state index contributed by atoms with van der Waals surface area (Å²) in [6.07, 6.45) is -0.695. The van der Waals surface area contributed by atoms with Gasteiger partial charge in [0, 0.05) is 6.92 Å². The van der Waals surface area contributed by atoms with E-state index in [-0.39, 0.29) is 44.2 Å². The van der Waals surface area contributed by atoms with Crippen molar-refractivity contribution in [2.24, 2.45) is 0 Å². The van der Waals surface area contributed by atoms with Crippen LogP contribution in [0.25, 0.3) is 0 Å². The molecule has 0 aromatic heterocycles. The number of nitrogens with zero attached hydrogens (tertiary/aromatic N) is 1. The van der Waals surface area contributed by atoms with Crippen molar-refractivity contribution in [2.75, 3.05) is 27.7 Å². The van der Waals surface area contributed by atoms with E-state index in [1.807, 2.05) is 21.1 Å². The summed E-state index contributed by atoms with van der Waals surface area (Å²) >= 11 is 0. The van der Waals surface area contributed by atoms with E-state index in [2.05, 4.69) is 0 Å². The molecule has 0 aliphatic rings. The molecular weight excluding hydrogens is 226 g/mol. The van der Waals surface area contributed by atoms with Crippen LogP contribution in [-0.4, -0.2) is 93.1 Å². The van der Waals surface area contributed by atoms with Gasteiger partial charge < -0.3 is 14.3 Å². The van der Waals surface area contributed by atoms with Gasteiger partial charge in [0.05, 0.1) is 27.6 Å². The molecule has 0 aromatic carbocycles. The van der Waals surface area contributed by atoms with Gasteiger partial charge in [-0.25, -0.2) is 0 Å². The van der Waals surface area contributed by atoms with Crippen molar-refractivity contribution in [1.82, 2.24) is 0 Å². The molecule has 0 aliphatic heterocycles. The Morgan fingerprint density at radius 3 is 2.07 bits per heavy atom. The summed E-state index contributed by atoms with van der Waals surface area (Å²) in [6, 6.07) is 0. The Kier molecular flexibility index (Phi) is 8.70. The monoisotopic (exact) mass is 244 g/mol. The Morgan fingerprint density at radius 1 is 1.33 bits per heavy atom. The Morgan fingerprint density at radius 2 is 1.80 bits per heavy atom. The predicted octanol–water partition coefficient (Wildman–Crippen LogP) is -0.282. The van der Waals surface area contributed by atoms with E-state index in [1.165, 1.54) is 6.92 Å². The molecule has 1 atom stereocenters. The second-order valence-electron chi connectivity index (χ2n) is 4.30. The Bertz CT molecular complexity index is 209. The van der Waals surface area contributed by atoms with Gasteiger partial charge in [0.1, 0.15) is 6.54 Å². The number of ether oxygens (including phenoxy) is 1. The third-order valence-corrected chi connectivity index (χ3v) is 1.49. The van der Waals surface area contributed by atoms with Crippen LogP contribution in [0.3, 0.4) is 0 Å². The van der Waals surface area contributed by atoms with Gasteiger partial charge in [-0.1, -0.05) is 0 Å². The van der Waals surface area contributed by atoms with Gasteiger partial charge in [-0.2, -0.15) is 0 Å². The molecule has 1 N–H and O–H groups in total. The molecule has 0 radical (unpaired) electrons. The first kappa shape index (κ1) is 17.6. The number of likely N-dealkylation sites (N-methyl/N-ethyl adjacent to an activating group) is 1. The summed E-state index contributed by atoms with van der Waals surface area (Å²) in [5.41, 5.74) is 0. The zero-order chi connectivity index (χ0) is 11.4. The first-order valence-corrected chi connectivity index (χ1v) is 4.40. The van der Waals surface area contributed by atoms with Crippen LogP contribution in [0.5, 0.6) is 0 Å². The Balaban J connectivity index is 0. The maximum Gasteiger partial charge on any atom is 2.00 e. The summed E-state index contributed by atoms with van der Waals surface area (Å²) < 4.78 is 5.46. The average molecular weight is 244 g/mol. The van der Waals surface area contributed by atoms with Crippen LogP contribution in [0, 0.1) is 0 Å². The standard InChI is InChI=1S/C9H17NO4.Ca/c1-7(11)14-8(5-9(12)13)6-10(2,3)4;/h8H,5-6H2,1-4H3;/q;+2/p+1. The molecule has 82 valence electrons. The topological polar surface area (TPSA) is 63.6 Å². The normalized spacial score (nSPS) is 12.5. The molecule has 0 aromatic rings. The predicted molar refractivity (Wildman–Crippen MR) is 56.5 cm³/mol. The SMILES string of the molecule is CC(=O)OC(CC(=O)O)C[N+](C)(C)C.[Ca+2]. The Labute approximate surface area is 120 Å². The largest absolute Gasteiger partial charge is 2.00 e. The van der Waals surface area contributed by atoms with E-state index < -0.39 is 18.0 Å². The summed E-state index contributed by atoms with van der Waals surface area (Å²) in [5, 5.41) is 8.60. The summed E-state index contributed by atoms with van der Waals surface area (Å²) in [6.45, 7) is 1.77. The van der Waals surface area contributed by atoms with Crippen molar-refractivity contribution < 1.29 is 23.9 Å². The fraction of sp³-hybridized carbons (Fsp3) is 0.778. The van der Waals surface area contributed by atoms with E-state index >= 15 is 0 Å². The van der Waals surface area contributed by atoms with Crippen molar-refractivity contribution in [2.45, 2.75) is 19.4 Å². The summed E-state index contributed by atoms with van der Waals surface area (Å²) in [5.74, 6) is -1.39. The minimum atomic E-state index is -0.954. The van der Waals surface area contributed by atoms with Crippen molar-refractivity contribution >= 4 is 49.7 Å². The van der Waals surface area contributed by atoms with Crippen molar-refractivity contribution in [3.63, 3.8) is 0 Å². The van der Waals surface area contributed by atoms with Crippen LogP contribution in [0.4, 0.5) is 0 Å². The average Bonchev–Trinajstić information content (AvgIpc) is 1.77. The molecular formula is C9H18CaNO4+3. The van der Waals surface area contributed by atoms with Crippen LogP contribution < -0.4 is 0 Å². The maximum atomic E-state index is 10.7. The number of hydrogen-bond acceptors (Lipinski definition) is 3. The number of rotatable bonds is 5. The quantitative estimate of drug-likeness (QED) is 0.410. The third-order valence-electron chi connectivity index (χ3n) is 1.49. The molecule has 0 rings (SSSR count). The number of esters is 1. The fourth-order valence-electron chi connectivity index (χ4n) is 1.18. The molecule has 0 bridgehead atoms. The Hall–Kier alpha value is 0.160. The molecule has 0 heterocycles. The van der Waals surface area contributed by atoms with E-state index in [0.29, 0.717) is 11.0 Å². The zero-order valence-corrected chi connectivity index (χ0v) is 12.0. The first-order valence-electron chi connectivity index (χ1n) is 4.40. The molecule has 0 fully saturated rings. The molecule has 15 heavy (non-hydrogen) atoms. The molecule has 0 aliphatic carbocycles. The third kappa shape index (κ3) is 12.1. The van der Waals surface area contributed by atoms with E-state index in [1.54, 1.807) is 0 Å². The van der Waals surface area contributed by atoms with Gasteiger partial charge in [0.15, 0.2) is 6.10 Å². The minimum absolute atomic E-state index is 0. The number of aliphatic carboxylic acids is 1. The first-order chi connectivity index (χ1) is 6.20. The molecule has 1 unspecified atom stereocenters. The summed E-state index contributed by atoms with van der Waals surface area (Å²) in [4.78, 5) is 21.2. The summed E-state index contributed by atoms with van der Waals surface area (Å²) in [7, 11) is 5.75. The molecule has 6 heteroatoms. The fourth-order valence-corrected chi connectivity index (χ4v) is 1.18. The van der Waals surface area contributed by atoms with Crippen molar-refractivity contribution in [3.8, 4) is 0 Å². The smallest absolute Gasteiger partial charge is 0.481 e. The molecule has 0 saturated carbocycles. The second-order valence-corrected chi connectivity index (χ2v) is 4.30. The van der Waals surface area contributed by atoms with Gasteiger partial charge >= 0.3 is 49.7 Å². The van der Waals surface area contributed by atoms with E-state index in [9.17, 15) is 9.59 Å².